The molecule has 108 valence electrons. The van der Waals surface area contributed by atoms with Crippen molar-refractivity contribution in [2.75, 3.05) is 27.2 Å². The Labute approximate surface area is 112 Å². The molecule has 0 fully saturated rings. The summed E-state index contributed by atoms with van der Waals surface area (Å²) >= 11 is 0. The van der Waals surface area contributed by atoms with E-state index >= 15 is 0 Å². The van der Waals surface area contributed by atoms with Gasteiger partial charge in [-0.05, 0) is 44.3 Å². The number of hydrogen-bond donors (Lipinski definition) is 1. The molecular weight excluding hydrogens is 254 g/mol. The molecule has 0 aliphatic heterocycles. The molecule has 1 rings (SSSR count). The van der Waals surface area contributed by atoms with E-state index in [0.717, 1.165) is 18.5 Å². The van der Waals surface area contributed by atoms with Gasteiger partial charge in [-0.25, -0.2) is 0 Å². The van der Waals surface area contributed by atoms with Gasteiger partial charge in [-0.15, -0.1) is 0 Å². The molecule has 0 saturated heterocycles. The topological polar surface area (TPSA) is 47.7 Å². The molecule has 1 aromatic rings. The number of benzene rings is 1. The molecule has 0 heterocycles. The maximum Gasteiger partial charge on any atom is 0.387 e. The van der Waals surface area contributed by atoms with Crippen LogP contribution in [0.2, 0.25) is 0 Å². The van der Waals surface area contributed by atoms with Gasteiger partial charge in [0.2, 0.25) is 0 Å². The highest BCUT2D eigenvalue weighted by molar-refractivity contribution is 5.42. The van der Waals surface area contributed by atoms with E-state index in [2.05, 4.69) is 9.64 Å². The van der Waals surface area contributed by atoms with Crippen LogP contribution in [0.15, 0.2) is 18.2 Å². The van der Waals surface area contributed by atoms with Gasteiger partial charge in [0.15, 0.2) is 11.5 Å². The highest BCUT2D eigenvalue weighted by Crippen LogP contribution is 2.29. The summed E-state index contributed by atoms with van der Waals surface area (Å²) in [6.07, 6.45) is 0.917. The maximum absolute atomic E-state index is 12.2. The van der Waals surface area contributed by atoms with Crippen molar-refractivity contribution in [1.29, 1.82) is 0 Å². The fourth-order valence-corrected chi connectivity index (χ4v) is 1.76. The van der Waals surface area contributed by atoms with Crippen LogP contribution in [0.3, 0.4) is 0 Å². The van der Waals surface area contributed by atoms with Gasteiger partial charge in [-0.2, -0.15) is 8.78 Å². The minimum absolute atomic E-state index is 0.0471. The lowest BCUT2D eigenvalue weighted by Gasteiger charge is -2.17. The van der Waals surface area contributed by atoms with E-state index in [4.69, 9.17) is 10.5 Å². The zero-order chi connectivity index (χ0) is 14.3. The fourth-order valence-electron chi connectivity index (χ4n) is 1.76. The average molecular weight is 274 g/mol. The van der Waals surface area contributed by atoms with Gasteiger partial charge in [0, 0.05) is 6.54 Å². The average Bonchev–Trinajstić information content (AvgIpc) is 2.37. The first-order valence-corrected chi connectivity index (χ1v) is 6.07. The lowest BCUT2D eigenvalue weighted by atomic mass is 10.2. The van der Waals surface area contributed by atoms with Crippen molar-refractivity contribution < 1.29 is 18.3 Å². The van der Waals surface area contributed by atoms with Crippen molar-refractivity contribution in [2.24, 2.45) is 5.73 Å². The second-order valence-electron chi connectivity index (χ2n) is 4.24. The highest BCUT2D eigenvalue weighted by Gasteiger charge is 2.11. The Hall–Kier alpha value is -1.40. The van der Waals surface area contributed by atoms with Crippen molar-refractivity contribution in [3.8, 4) is 11.5 Å². The molecule has 0 aliphatic rings. The number of halogens is 2. The summed E-state index contributed by atoms with van der Waals surface area (Å²) in [5.41, 5.74) is 6.42. The van der Waals surface area contributed by atoms with Gasteiger partial charge in [-0.3, -0.25) is 0 Å². The Morgan fingerprint density at radius 3 is 2.63 bits per heavy atom. The van der Waals surface area contributed by atoms with Crippen molar-refractivity contribution in [2.45, 2.75) is 19.6 Å². The summed E-state index contributed by atoms with van der Waals surface area (Å²) in [6.45, 7) is -0.624. The standard InChI is InChI=1S/C13H20F2N2O2/c1-17(7-3-6-16)9-10-4-5-11(19-13(14)15)12(8-10)18-2/h4-5,8,13H,3,6-7,9,16H2,1-2H3. The second kappa shape index (κ2) is 7.91. The third kappa shape index (κ3) is 5.40. The lowest BCUT2D eigenvalue weighted by molar-refractivity contribution is -0.0512. The van der Waals surface area contributed by atoms with E-state index < -0.39 is 6.61 Å². The molecule has 4 nitrogen and oxygen atoms in total. The Morgan fingerprint density at radius 1 is 1.32 bits per heavy atom. The van der Waals surface area contributed by atoms with Crippen LogP contribution in [-0.2, 0) is 6.54 Å². The van der Waals surface area contributed by atoms with Crippen molar-refractivity contribution in [1.82, 2.24) is 4.90 Å². The first-order valence-electron chi connectivity index (χ1n) is 6.07. The Balaban J connectivity index is 2.70. The SMILES string of the molecule is COc1cc(CN(C)CCCN)ccc1OC(F)F. The molecule has 0 amide bonds. The summed E-state index contributed by atoms with van der Waals surface area (Å²) in [6, 6.07) is 4.95. The van der Waals surface area contributed by atoms with Gasteiger partial charge >= 0.3 is 6.61 Å². The van der Waals surface area contributed by atoms with E-state index in [1.807, 2.05) is 7.05 Å². The molecule has 19 heavy (non-hydrogen) atoms. The fraction of sp³-hybridized carbons (Fsp3) is 0.538. The Bertz CT molecular complexity index is 389. The van der Waals surface area contributed by atoms with Crippen LogP contribution in [0.25, 0.3) is 0 Å². The van der Waals surface area contributed by atoms with Gasteiger partial charge in [0.25, 0.3) is 0 Å². The van der Waals surface area contributed by atoms with E-state index in [0.29, 0.717) is 18.8 Å². The van der Waals surface area contributed by atoms with E-state index in [1.165, 1.54) is 13.2 Å². The van der Waals surface area contributed by atoms with Crippen molar-refractivity contribution >= 4 is 0 Å². The molecule has 0 aliphatic carbocycles. The smallest absolute Gasteiger partial charge is 0.387 e. The maximum atomic E-state index is 12.2. The number of methoxy groups -OCH3 is 1. The summed E-state index contributed by atoms with van der Waals surface area (Å²) in [5.74, 6) is 0.357. The Morgan fingerprint density at radius 2 is 2.05 bits per heavy atom. The summed E-state index contributed by atoms with van der Waals surface area (Å²) in [5, 5.41) is 0. The molecule has 0 bridgehead atoms. The number of rotatable bonds is 8. The first-order chi connectivity index (χ1) is 9.06. The molecule has 0 saturated carbocycles. The van der Waals surface area contributed by atoms with Gasteiger partial charge in [0.1, 0.15) is 0 Å². The van der Waals surface area contributed by atoms with Crippen LogP contribution >= 0.6 is 0 Å². The van der Waals surface area contributed by atoms with Crippen LogP contribution in [-0.4, -0.2) is 38.8 Å². The van der Waals surface area contributed by atoms with E-state index in [1.54, 1.807) is 12.1 Å². The second-order valence-corrected chi connectivity index (χ2v) is 4.24. The normalized spacial score (nSPS) is 11.1. The molecule has 6 heteroatoms. The minimum atomic E-state index is -2.85. The molecule has 1 aromatic carbocycles. The number of hydrogen-bond acceptors (Lipinski definition) is 4. The van der Waals surface area contributed by atoms with Crippen molar-refractivity contribution in [3.05, 3.63) is 23.8 Å². The predicted octanol–water partition coefficient (Wildman–Crippen LogP) is 2.08. The minimum Gasteiger partial charge on any atom is -0.493 e. The molecule has 0 radical (unpaired) electrons. The number of alkyl halides is 2. The van der Waals surface area contributed by atoms with Crippen LogP contribution in [0.1, 0.15) is 12.0 Å². The largest absolute Gasteiger partial charge is 0.493 e. The molecule has 0 spiro atoms. The number of ether oxygens (including phenoxy) is 2. The number of nitrogens with two attached hydrogens (primary N) is 1. The predicted molar refractivity (Wildman–Crippen MR) is 69.6 cm³/mol. The van der Waals surface area contributed by atoms with Crippen LogP contribution < -0.4 is 15.2 Å². The molecule has 0 atom stereocenters. The number of nitrogens with zero attached hydrogens (tertiary/aromatic N) is 1. The van der Waals surface area contributed by atoms with Crippen LogP contribution in [0, 0.1) is 0 Å². The van der Waals surface area contributed by atoms with Crippen molar-refractivity contribution in [3.63, 3.8) is 0 Å². The van der Waals surface area contributed by atoms with E-state index in [-0.39, 0.29) is 5.75 Å². The van der Waals surface area contributed by atoms with Gasteiger partial charge in [-0.1, -0.05) is 6.07 Å². The third-order valence-electron chi connectivity index (χ3n) is 2.64. The monoisotopic (exact) mass is 274 g/mol. The zero-order valence-electron chi connectivity index (χ0n) is 11.2. The molecule has 2 N–H and O–H groups in total. The van der Waals surface area contributed by atoms with Gasteiger partial charge in [0.05, 0.1) is 7.11 Å². The molecular formula is C13H20F2N2O2. The third-order valence-corrected chi connectivity index (χ3v) is 2.64. The molecule has 0 aromatic heterocycles. The van der Waals surface area contributed by atoms with E-state index in [9.17, 15) is 8.78 Å². The summed E-state index contributed by atoms with van der Waals surface area (Å²) in [4.78, 5) is 2.11. The molecule has 0 unspecified atom stereocenters. The highest BCUT2D eigenvalue weighted by atomic mass is 19.3. The quantitative estimate of drug-likeness (QED) is 0.788. The van der Waals surface area contributed by atoms with Crippen LogP contribution in [0.5, 0.6) is 11.5 Å². The zero-order valence-corrected chi connectivity index (χ0v) is 11.2. The van der Waals surface area contributed by atoms with Gasteiger partial charge < -0.3 is 20.1 Å². The summed E-state index contributed by atoms with van der Waals surface area (Å²) in [7, 11) is 3.40. The first kappa shape index (κ1) is 15.7. The van der Waals surface area contributed by atoms with Crippen LogP contribution in [0.4, 0.5) is 8.78 Å². The lowest BCUT2D eigenvalue weighted by Crippen LogP contribution is -2.21. The summed E-state index contributed by atoms with van der Waals surface area (Å²) < 4.78 is 33.8. The Kier molecular flexibility index (Phi) is 6.52.